The van der Waals surface area contributed by atoms with Crippen LogP contribution in [0.25, 0.3) is 0 Å². The van der Waals surface area contributed by atoms with Crippen LogP contribution < -0.4 is 0 Å². The third-order valence-electron chi connectivity index (χ3n) is 0. The van der Waals surface area contributed by atoms with Gasteiger partial charge in [-0.15, -0.1) is 0 Å². The fraction of sp³-hybridized carbons (Fsp3) is 0. The van der Waals surface area contributed by atoms with Crippen molar-refractivity contribution in [2.24, 2.45) is 0 Å². The van der Waals surface area contributed by atoms with E-state index in [1.807, 2.05) is 0 Å². The quantitative estimate of drug-likeness (QED) is 0.586. The Hall–Kier alpha value is 3.32. The SMILES string of the molecule is [CaH2].[Cl][La]([Cl])[Cl]. The molecule has 0 rings (SSSR count). The Morgan fingerprint density at radius 1 is 1.00 bits per heavy atom. The standard InChI is InChI=1S/Ca.3ClH.La.2H/h;3*1H;;;/q;;;;+3;;/p-3. The van der Waals surface area contributed by atoms with Crippen molar-refractivity contribution in [3.05, 3.63) is 0 Å². The van der Waals surface area contributed by atoms with Gasteiger partial charge in [0.05, 0.1) is 0 Å². The van der Waals surface area contributed by atoms with Crippen molar-refractivity contribution in [3.8, 4) is 0 Å². The second-order valence-corrected chi connectivity index (χ2v) is 16.2. The molecule has 0 aromatic rings. The van der Waals surface area contributed by atoms with Crippen LogP contribution in [0.2, 0.25) is 0 Å². The van der Waals surface area contributed by atoms with Crippen LogP contribution in [-0.4, -0.2) is 37.7 Å². The van der Waals surface area contributed by atoms with Crippen LogP contribution in [-0.2, 0) is 0 Å². The van der Waals surface area contributed by atoms with E-state index >= 15 is 0 Å². The van der Waals surface area contributed by atoms with Crippen molar-refractivity contribution in [2.75, 3.05) is 0 Å². The Balaban J connectivity index is 0. The number of halogens is 3. The molecule has 0 heterocycles. The van der Waals surface area contributed by atoms with Gasteiger partial charge in [0.15, 0.2) is 0 Å². The molecule has 0 fully saturated rings. The average Bonchev–Trinajstić information content (AvgIpc) is 0.811. The Bertz CT molecular complexity index is 11.6. The van der Waals surface area contributed by atoms with Gasteiger partial charge in [-0.05, 0) is 0 Å². The number of rotatable bonds is 0. The predicted molar refractivity (Wildman–Crippen MR) is 26.1 cm³/mol. The van der Waals surface area contributed by atoms with E-state index in [2.05, 4.69) is 0 Å². The van der Waals surface area contributed by atoms with Crippen molar-refractivity contribution >= 4 is 58.1 Å². The van der Waals surface area contributed by atoms with Crippen molar-refractivity contribution in [2.45, 2.75) is 0 Å². The molecule has 0 atom stereocenters. The Morgan fingerprint density at radius 3 is 1.00 bits per heavy atom. The van der Waals surface area contributed by atoms with Gasteiger partial charge in [-0.2, -0.15) is 0 Å². The van der Waals surface area contributed by atoms with E-state index in [0.29, 0.717) is 0 Å². The molecule has 0 aliphatic carbocycles. The van der Waals surface area contributed by atoms with Gasteiger partial charge in [0.2, 0.25) is 0 Å². The topological polar surface area (TPSA) is 0 Å². The Morgan fingerprint density at radius 2 is 1.00 bits per heavy atom. The first-order chi connectivity index (χ1) is 1.73. The minimum atomic E-state index is -2.31. The van der Waals surface area contributed by atoms with Crippen molar-refractivity contribution < 1.29 is 25.7 Å². The monoisotopic (exact) mass is 286 g/mol. The van der Waals surface area contributed by atoms with Crippen LogP contribution in [0.15, 0.2) is 0 Å². The molecule has 0 bridgehead atoms. The summed E-state index contributed by atoms with van der Waals surface area (Å²) in [4.78, 5) is 0. The van der Waals surface area contributed by atoms with Gasteiger partial charge in [0, 0.05) is 0 Å². The van der Waals surface area contributed by atoms with Gasteiger partial charge in [0.25, 0.3) is 0 Å². The molecule has 0 unspecified atom stereocenters. The Labute approximate surface area is 81.3 Å². The van der Waals surface area contributed by atoms with E-state index in [1.165, 1.54) is 0 Å². The third kappa shape index (κ3) is 18.8. The summed E-state index contributed by atoms with van der Waals surface area (Å²) in [7, 11) is 0. The molecule has 5 heteroatoms. The van der Waals surface area contributed by atoms with E-state index in [4.69, 9.17) is 20.4 Å². The summed E-state index contributed by atoms with van der Waals surface area (Å²) in [6.07, 6.45) is 0. The predicted octanol–water partition coefficient (Wildman–Crippen LogP) is 1.15. The molecule has 0 spiro atoms. The van der Waals surface area contributed by atoms with Gasteiger partial charge < -0.3 is 0 Å². The molecular weight excluding hydrogens is 285 g/mol. The molecule has 0 amide bonds. The summed E-state index contributed by atoms with van der Waals surface area (Å²) in [6.45, 7) is 15.1. The van der Waals surface area contributed by atoms with Gasteiger partial charge in [-0.3, -0.25) is 0 Å². The van der Waals surface area contributed by atoms with Gasteiger partial charge in [0.1, 0.15) is 0 Å². The van der Waals surface area contributed by atoms with Crippen molar-refractivity contribution in [1.29, 1.82) is 0 Å². The van der Waals surface area contributed by atoms with Gasteiger partial charge in [-0.1, -0.05) is 0 Å². The summed E-state index contributed by atoms with van der Waals surface area (Å²) < 4.78 is 0. The normalized spacial score (nSPS) is 5.40. The molecule has 0 saturated carbocycles. The fourth-order valence-electron chi connectivity index (χ4n) is 0. The zero-order valence-corrected chi connectivity index (χ0v) is 7.60. The minimum absolute atomic E-state index is 0. The molecule has 0 aromatic carbocycles. The molecule has 5 heavy (non-hydrogen) atoms. The number of hydrogen-bond acceptors (Lipinski definition) is 0. The van der Waals surface area contributed by atoms with Crippen molar-refractivity contribution in [1.82, 2.24) is 0 Å². The van der Waals surface area contributed by atoms with E-state index in [0.717, 1.165) is 0 Å². The van der Waals surface area contributed by atoms with Crippen LogP contribution in [0.1, 0.15) is 0 Å². The first-order valence-corrected chi connectivity index (χ1v) is 14.3. The van der Waals surface area contributed by atoms with Gasteiger partial charge in [-0.25, -0.2) is 0 Å². The average molecular weight is 287 g/mol. The molecular formula is H2CaCl3La. The zero-order valence-electron chi connectivity index (χ0n) is 1.71. The molecule has 0 aromatic heterocycles. The van der Waals surface area contributed by atoms with Crippen LogP contribution >= 0.6 is 20.4 Å². The fourth-order valence-corrected chi connectivity index (χ4v) is 0. The molecule has 28 valence electrons. The summed E-state index contributed by atoms with van der Waals surface area (Å²) >= 11 is -2.31. The molecule has 0 N–H and O–H groups in total. The molecule has 0 saturated heterocycles. The maximum atomic E-state index is 5.03. The van der Waals surface area contributed by atoms with Crippen molar-refractivity contribution in [3.63, 3.8) is 0 Å². The van der Waals surface area contributed by atoms with Gasteiger partial charge >= 0.3 is 83.8 Å². The maximum absolute atomic E-state index is 5.03. The second-order valence-electron chi connectivity index (χ2n) is 0.247. The van der Waals surface area contributed by atoms with Crippen LogP contribution in [0.3, 0.4) is 0 Å². The molecule has 0 aliphatic heterocycles. The molecule has 0 nitrogen and oxygen atoms in total. The molecule has 0 aliphatic rings. The number of hydrogen-bond donors (Lipinski definition) is 0. The first kappa shape index (κ1) is 11.2. The zero-order chi connectivity index (χ0) is 3.58. The summed E-state index contributed by atoms with van der Waals surface area (Å²) in [5.74, 6) is 0. The first-order valence-electron chi connectivity index (χ1n) is 0.655. The summed E-state index contributed by atoms with van der Waals surface area (Å²) in [5, 5.41) is 0. The summed E-state index contributed by atoms with van der Waals surface area (Å²) in [6, 6.07) is 0. The Kier molecular flexibility index (Phi) is 16.4. The van der Waals surface area contributed by atoms with Crippen LogP contribution in [0.4, 0.5) is 0 Å². The van der Waals surface area contributed by atoms with E-state index in [-0.39, 0.29) is 37.7 Å². The van der Waals surface area contributed by atoms with E-state index < -0.39 is 25.7 Å². The van der Waals surface area contributed by atoms with E-state index in [1.54, 1.807) is 0 Å². The van der Waals surface area contributed by atoms with Crippen LogP contribution in [0.5, 0.6) is 0 Å². The van der Waals surface area contributed by atoms with Crippen LogP contribution in [0, 0.1) is 25.7 Å². The second kappa shape index (κ2) is 7.32. The van der Waals surface area contributed by atoms with E-state index in [9.17, 15) is 0 Å². The molecule has 0 radical (unpaired) electrons. The third-order valence-corrected chi connectivity index (χ3v) is 0. The summed E-state index contributed by atoms with van der Waals surface area (Å²) in [5.41, 5.74) is 0.